The molecule has 1 aromatic heterocycles. The smallest absolute Gasteiger partial charge is 0.276 e. The Labute approximate surface area is 126 Å². The van der Waals surface area contributed by atoms with Crippen molar-refractivity contribution in [3.8, 4) is 0 Å². The molecule has 2 bridgehead atoms. The number of piperidine rings is 1. The monoisotopic (exact) mass is 312 g/mol. The largest absolute Gasteiger partial charge is 0.447 e. The summed E-state index contributed by atoms with van der Waals surface area (Å²) in [5.74, 6) is 1.79. The average Bonchev–Trinajstić information content (AvgIpc) is 3.14. The number of nitrogens with zero attached hydrogens (tertiary/aromatic N) is 1. The molecule has 2 heterocycles. The van der Waals surface area contributed by atoms with Gasteiger partial charge in [0.25, 0.3) is 10.0 Å². The van der Waals surface area contributed by atoms with Gasteiger partial charge >= 0.3 is 0 Å². The van der Waals surface area contributed by atoms with Crippen molar-refractivity contribution < 1.29 is 12.8 Å². The second kappa shape index (κ2) is 5.74. The second-order valence-corrected chi connectivity index (χ2v) is 8.47. The van der Waals surface area contributed by atoms with E-state index in [2.05, 4.69) is 19.2 Å². The molecule has 0 amide bonds. The predicted molar refractivity (Wildman–Crippen MR) is 80.3 cm³/mol. The Bertz CT molecular complexity index is 594. The molecule has 1 saturated heterocycles. The first kappa shape index (κ1) is 15.1. The standard InChI is InChI=1S/C15H24N2O3S/c1-11(2)8-16-9-14-5-6-15(20-14)21(18,19)17-10-12-3-4-13(17)7-12/h5-6,11-13,16H,3-4,7-10H2,1-2H3. The molecule has 5 nitrogen and oxygen atoms in total. The van der Waals surface area contributed by atoms with Crippen LogP contribution in [0.25, 0.3) is 0 Å². The van der Waals surface area contributed by atoms with E-state index in [9.17, 15) is 8.42 Å². The molecular formula is C15H24N2O3S. The molecule has 2 fully saturated rings. The highest BCUT2D eigenvalue weighted by atomic mass is 32.2. The van der Waals surface area contributed by atoms with E-state index in [1.54, 1.807) is 16.4 Å². The van der Waals surface area contributed by atoms with Crippen molar-refractivity contribution in [2.45, 2.75) is 50.8 Å². The Balaban J connectivity index is 1.67. The summed E-state index contributed by atoms with van der Waals surface area (Å²) in [4.78, 5) is 0. The summed E-state index contributed by atoms with van der Waals surface area (Å²) in [5, 5.41) is 3.35. The Morgan fingerprint density at radius 2 is 2.19 bits per heavy atom. The second-order valence-electron chi connectivity index (χ2n) is 6.65. The summed E-state index contributed by atoms with van der Waals surface area (Å²) < 4.78 is 32.5. The molecule has 2 unspecified atom stereocenters. The van der Waals surface area contributed by atoms with E-state index in [1.165, 1.54) is 6.42 Å². The molecular weight excluding hydrogens is 288 g/mol. The summed E-state index contributed by atoms with van der Waals surface area (Å²) in [6.07, 6.45) is 3.18. The normalized spacial score (nSPS) is 26.0. The molecule has 2 aliphatic rings. The number of fused-ring (bicyclic) bond motifs is 2. The molecule has 1 aliphatic heterocycles. The van der Waals surface area contributed by atoms with Gasteiger partial charge in [-0.05, 0) is 49.8 Å². The molecule has 1 aromatic rings. The van der Waals surface area contributed by atoms with Crippen LogP contribution in [0.2, 0.25) is 0 Å². The molecule has 1 saturated carbocycles. The molecule has 0 spiro atoms. The third-order valence-corrected chi connectivity index (χ3v) is 6.20. The molecule has 1 aliphatic carbocycles. The van der Waals surface area contributed by atoms with Crippen LogP contribution in [0.4, 0.5) is 0 Å². The van der Waals surface area contributed by atoms with E-state index in [0.717, 1.165) is 19.4 Å². The van der Waals surface area contributed by atoms with Crippen molar-refractivity contribution in [3.05, 3.63) is 17.9 Å². The number of hydrogen-bond donors (Lipinski definition) is 1. The van der Waals surface area contributed by atoms with E-state index in [0.29, 0.717) is 30.7 Å². The van der Waals surface area contributed by atoms with Gasteiger partial charge in [-0.1, -0.05) is 13.8 Å². The zero-order valence-electron chi connectivity index (χ0n) is 12.7. The van der Waals surface area contributed by atoms with Crippen LogP contribution < -0.4 is 5.32 Å². The minimum atomic E-state index is -3.45. The fourth-order valence-corrected chi connectivity index (χ4v) is 5.04. The molecule has 3 rings (SSSR count). The van der Waals surface area contributed by atoms with Crippen molar-refractivity contribution >= 4 is 10.0 Å². The van der Waals surface area contributed by atoms with Crippen LogP contribution in [-0.4, -0.2) is 31.9 Å². The number of sulfonamides is 1. The Morgan fingerprint density at radius 1 is 1.38 bits per heavy atom. The summed E-state index contributed by atoms with van der Waals surface area (Å²) in [6, 6.07) is 3.54. The summed E-state index contributed by atoms with van der Waals surface area (Å²) in [6.45, 7) is 6.38. The van der Waals surface area contributed by atoms with Crippen LogP contribution in [0.1, 0.15) is 38.9 Å². The van der Waals surface area contributed by atoms with Gasteiger partial charge in [0.05, 0.1) is 6.54 Å². The lowest BCUT2D eigenvalue weighted by molar-refractivity contribution is 0.315. The van der Waals surface area contributed by atoms with Crippen molar-refractivity contribution in [1.82, 2.24) is 9.62 Å². The van der Waals surface area contributed by atoms with E-state index in [1.807, 2.05) is 0 Å². The predicted octanol–water partition coefficient (Wildman–Crippen LogP) is 2.20. The lowest BCUT2D eigenvalue weighted by Crippen LogP contribution is -2.37. The molecule has 2 atom stereocenters. The van der Waals surface area contributed by atoms with Crippen LogP contribution >= 0.6 is 0 Å². The summed E-state index contributed by atoms with van der Waals surface area (Å²) in [5.41, 5.74) is 0. The molecule has 0 aromatic carbocycles. The first-order valence-corrected chi connectivity index (χ1v) is 9.22. The number of rotatable bonds is 6. The number of nitrogens with one attached hydrogen (secondary N) is 1. The highest BCUT2D eigenvalue weighted by Gasteiger charge is 2.45. The van der Waals surface area contributed by atoms with Gasteiger partial charge < -0.3 is 9.73 Å². The minimum Gasteiger partial charge on any atom is -0.447 e. The van der Waals surface area contributed by atoms with Gasteiger partial charge in [0.15, 0.2) is 0 Å². The summed E-state index contributed by atoms with van der Waals surface area (Å²) in [7, 11) is -3.45. The molecule has 1 N–H and O–H groups in total. The third-order valence-electron chi connectivity index (χ3n) is 4.41. The van der Waals surface area contributed by atoms with Crippen LogP contribution in [0.5, 0.6) is 0 Å². The zero-order valence-corrected chi connectivity index (χ0v) is 13.5. The lowest BCUT2D eigenvalue weighted by atomic mass is 10.1. The molecule has 21 heavy (non-hydrogen) atoms. The zero-order chi connectivity index (χ0) is 15.0. The topological polar surface area (TPSA) is 62.6 Å². The van der Waals surface area contributed by atoms with Crippen LogP contribution in [0, 0.1) is 11.8 Å². The van der Waals surface area contributed by atoms with Gasteiger partial charge in [-0.25, -0.2) is 8.42 Å². The SMILES string of the molecule is CC(C)CNCc1ccc(S(=O)(=O)N2CC3CCC2C3)o1. The lowest BCUT2D eigenvalue weighted by Gasteiger charge is -2.24. The van der Waals surface area contributed by atoms with Gasteiger partial charge in [0.2, 0.25) is 5.09 Å². The van der Waals surface area contributed by atoms with Crippen LogP contribution in [0.3, 0.4) is 0 Å². The number of hydrogen-bond acceptors (Lipinski definition) is 4. The van der Waals surface area contributed by atoms with Crippen molar-refractivity contribution in [3.63, 3.8) is 0 Å². The third kappa shape index (κ3) is 3.03. The Hall–Kier alpha value is -0.850. The van der Waals surface area contributed by atoms with Gasteiger partial charge in [0.1, 0.15) is 5.76 Å². The fourth-order valence-electron chi connectivity index (χ4n) is 3.37. The summed E-state index contributed by atoms with van der Waals surface area (Å²) >= 11 is 0. The maximum absolute atomic E-state index is 12.6. The maximum atomic E-state index is 12.6. The first-order valence-electron chi connectivity index (χ1n) is 7.78. The van der Waals surface area contributed by atoms with E-state index in [4.69, 9.17) is 4.42 Å². The van der Waals surface area contributed by atoms with E-state index in [-0.39, 0.29) is 11.1 Å². The Morgan fingerprint density at radius 3 is 2.81 bits per heavy atom. The van der Waals surface area contributed by atoms with Crippen LogP contribution in [-0.2, 0) is 16.6 Å². The minimum absolute atomic E-state index is 0.0939. The molecule has 6 heteroatoms. The Kier molecular flexibility index (Phi) is 4.12. The van der Waals surface area contributed by atoms with Crippen LogP contribution in [0.15, 0.2) is 21.6 Å². The van der Waals surface area contributed by atoms with Crippen molar-refractivity contribution in [2.24, 2.45) is 11.8 Å². The number of furan rings is 1. The van der Waals surface area contributed by atoms with E-state index < -0.39 is 10.0 Å². The fraction of sp³-hybridized carbons (Fsp3) is 0.733. The highest BCUT2D eigenvalue weighted by Crippen LogP contribution is 2.40. The van der Waals surface area contributed by atoms with Gasteiger partial charge in [-0.3, -0.25) is 0 Å². The first-order chi connectivity index (χ1) is 9.96. The molecule has 0 radical (unpaired) electrons. The maximum Gasteiger partial charge on any atom is 0.276 e. The van der Waals surface area contributed by atoms with Gasteiger partial charge in [0, 0.05) is 12.6 Å². The van der Waals surface area contributed by atoms with Crippen molar-refractivity contribution in [2.75, 3.05) is 13.1 Å². The van der Waals surface area contributed by atoms with Crippen molar-refractivity contribution in [1.29, 1.82) is 0 Å². The van der Waals surface area contributed by atoms with Gasteiger partial charge in [-0.2, -0.15) is 4.31 Å². The van der Waals surface area contributed by atoms with E-state index >= 15 is 0 Å². The highest BCUT2D eigenvalue weighted by molar-refractivity contribution is 7.89. The average molecular weight is 312 g/mol. The quantitative estimate of drug-likeness (QED) is 0.874. The molecule has 118 valence electrons. The van der Waals surface area contributed by atoms with Gasteiger partial charge in [-0.15, -0.1) is 0 Å².